The van der Waals surface area contributed by atoms with E-state index < -0.39 is 30.0 Å². The number of hydrogen-bond donors (Lipinski definition) is 2. The summed E-state index contributed by atoms with van der Waals surface area (Å²) in [5.74, 6) is -0.915. The van der Waals surface area contributed by atoms with Crippen LogP contribution in [0.1, 0.15) is 35.1 Å². The first kappa shape index (κ1) is 22.3. The van der Waals surface area contributed by atoms with Gasteiger partial charge in [0.15, 0.2) is 11.6 Å². The molecule has 1 fully saturated rings. The normalized spacial score (nSPS) is 21.2. The van der Waals surface area contributed by atoms with E-state index in [0.29, 0.717) is 29.2 Å². The van der Waals surface area contributed by atoms with Crippen molar-refractivity contribution in [1.82, 2.24) is 14.8 Å². The molecular formula is C21H23F2N5O3S. The molecule has 1 amide bonds. The van der Waals surface area contributed by atoms with Crippen LogP contribution in [0.2, 0.25) is 0 Å². The summed E-state index contributed by atoms with van der Waals surface area (Å²) < 4.78 is 40.8. The number of ether oxygens (including phenoxy) is 2. The maximum absolute atomic E-state index is 14.5. The van der Waals surface area contributed by atoms with E-state index in [1.165, 1.54) is 19.4 Å². The molecule has 3 N–H and O–H groups in total. The molecule has 0 radical (unpaired) electrons. The van der Waals surface area contributed by atoms with Crippen LogP contribution in [0.5, 0.6) is 5.75 Å². The molecule has 1 aliphatic rings. The number of halogens is 2. The SMILES string of the molecule is COc1cccc(-c2nc(C(=O)Nc3cnn(C)c3[C@@H]3CC[C@@H](N)[C@H](F)CO3)cs2)c1F. The Hall–Kier alpha value is -2.89. The molecule has 3 heterocycles. The monoisotopic (exact) mass is 463 g/mol. The summed E-state index contributed by atoms with van der Waals surface area (Å²) in [6.45, 7) is -0.119. The summed E-state index contributed by atoms with van der Waals surface area (Å²) in [5.41, 5.74) is 7.26. The number of alkyl halides is 1. The minimum Gasteiger partial charge on any atom is -0.494 e. The van der Waals surface area contributed by atoms with E-state index in [9.17, 15) is 13.6 Å². The van der Waals surface area contributed by atoms with Crippen LogP contribution in [0.25, 0.3) is 10.6 Å². The number of anilines is 1. The maximum atomic E-state index is 14.5. The van der Waals surface area contributed by atoms with Crippen LogP contribution < -0.4 is 15.8 Å². The standard InChI is InChI=1S/C21H23F2N5O3S/c1-28-19(17-7-6-13(24)12(22)9-31-17)14(8-25-28)26-20(29)15-10-32-21(27-15)11-4-3-5-16(30-2)18(11)23/h3-5,8,10,12-13,17H,6-7,9,24H2,1-2H3,(H,26,29)/t12-,13-,17+/m1/s1. The number of thiazole rings is 1. The molecule has 0 saturated carbocycles. The zero-order valence-electron chi connectivity index (χ0n) is 17.5. The van der Waals surface area contributed by atoms with E-state index >= 15 is 0 Å². The van der Waals surface area contributed by atoms with Gasteiger partial charge in [0.05, 0.1) is 36.9 Å². The molecule has 0 unspecified atom stereocenters. The van der Waals surface area contributed by atoms with Crippen LogP contribution in [0.3, 0.4) is 0 Å². The lowest BCUT2D eigenvalue weighted by molar-refractivity contribution is 0.0247. The van der Waals surface area contributed by atoms with Crippen molar-refractivity contribution < 1.29 is 23.0 Å². The number of amides is 1. The Bertz CT molecular complexity index is 1110. The molecular weight excluding hydrogens is 440 g/mol. The van der Waals surface area contributed by atoms with E-state index in [1.807, 2.05) is 0 Å². The van der Waals surface area contributed by atoms with E-state index in [-0.39, 0.29) is 23.6 Å². The highest BCUT2D eigenvalue weighted by Crippen LogP contribution is 2.34. The van der Waals surface area contributed by atoms with Gasteiger partial charge in [-0.15, -0.1) is 11.3 Å². The average molecular weight is 464 g/mol. The smallest absolute Gasteiger partial charge is 0.275 e. The van der Waals surface area contributed by atoms with Crippen molar-refractivity contribution in [2.45, 2.75) is 31.2 Å². The van der Waals surface area contributed by atoms with Crippen molar-refractivity contribution >= 4 is 22.9 Å². The Labute approximate surface area is 187 Å². The van der Waals surface area contributed by atoms with Crippen molar-refractivity contribution in [3.8, 4) is 16.3 Å². The number of carbonyl (C=O) groups excluding carboxylic acids is 1. The van der Waals surface area contributed by atoms with Crippen molar-refractivity contribution in [1.29, 1.82) is 0 Å². The van der Waals surface area contributed by atoms with E-state index in [2.05, 4.69) is 15.4 Å². The van der Waals surface area contributed by atoms with Gasteiger partial charge in [-0.3, -0.25) is 9.48 Å². The summed E-state index contributed by atoms with van der Waals surface area (Å²) in [7, 11) is 3.10. The minimum absolute atomic E-state index is 0.0994. The number of nitrogens with zero attached hydrogens (tertiary/aromatic N) is 3. The van der Waals surface area contributed by atoms with Crippen LogP contribution in [0.4, 0.5) is 14.5 Å². The summed E-state index contributed by atoms with van der Waals surface area (Å²) in [6, 6.07) is 4.15. The van der Waals surface area contributed by atoms with Gasteiger partial charge >= 0.3 is 0 Å². The molecule has 3 atom stereocenters. The van der Waals surface area contributed by atoms with Crippen LogP contribution >= 0.6 is 11.3 Å². The molecule has 1 saturated heterocycles. The summed E-state index contributed by atoms with van der Waals surface area (Å²) in [6.07, 6.45) is 0.757. The lowest BCUT2D eigenvalue weighted by atomic mass is 10.0. The molecule has 0 bridgehead atoms. The molecule has 0 spiro atoms. The van der Waals surface area contributed by atoms with Crippen molar-refractivity contribution in [3.05, 3.63) is 47.0 Å². The van der Waals surface area contributed by atoms with E-state index in [0.717, 1.165) is 11.3 Å². The number of benzene rings is 1. The Balaban J connectivity index is 1.54. The Kier molecular flexibility index (Phi) is 6.49. The van der Waals surface area contributed by atoms with Gasteiger partial charge in [0.1, 0.15) is 23.0 Å². The Morgan fingerprint density at radius 2 is 2.22 bits per heavy atom. The van der Waals surface area contributed by atoms with Gasteiger partial charge in [-0.25, -0.2) is 13.8 Å². The van der Waals surface area contributed by atoms with Crippen LogP contribution in [-0.4, -0.2) is 46.6 Å². The number of rotatable bonds is 5. The molecule has 8 nitrogen and oxygen atoms in total. The third kappa shape index (κ3) is 4.36. The fourth-order valence-corrected chi connectivity index (χ4v) is 4.42. The number of aromatic nitrogens is 3. The van der Waals surface area contributed by atoms with Crippen LogP contribution in [0, 0.1) is 5.82 Å². The second kappa shape index (κ2) is 9.31. The summed E-state index contributed by atoms with van der Waals surface area (Å²) in [5, 5.41) is 8.90. The first-order chi connectivity index (χ1) is 15.4. The van der Waals surface area contributed by atoms with Gasteiger partial charge in [-0.1, -0.05) is 6.07 Å². The summed E-state index contributed by atoms with van der Waals surface area (Å²) in [4.78, 5) is 17.1. The third-order valence-corrected chi connectivity index (χ3v) is 6.25. The predicted octanol–water partition coefficient (Wildman–Crippen LogP) is 3.46. The lowest BCUT2D eigenvalue weighted by Crippen LogP contribution is -2.32. The van der Waals surface area contributed by atoms with Crippen LogP contribution in [-0.2, 0) is 11.8 Å². The highest BCUT2D eigenvalue weighted by atomic mass is 32.1. The number of methoxy groups -OCH3 is 1. The van der Waals surface area contributed by atoms with Crippen molar-refractivity contribution in [3.63, 3.8) is 0 Å². The zero-order valence-corrected chi connectivity index (χ0v) is 18.4. The maximum Gasteiger partial charge on any atom is 0.275 e. The first-order valence-electron chi connectivity index (χ1n) is 10.0. The second-order valence-electron chi connectivity index (χ2n) is 7.46. The number of aryl methyl sites for hydroxylation is 1. The topological polar surface area (TPSA) is 104 Å². The Morgan fingerprint density at radius 1 is 1.41 bits per heavy atom. The Morgan fingerprint density at radius 3 is 3.00 bits per heavy atom. The second-order valence-corrected chi connectivity index (χ2v) is 8.32. The van der Waals surface area contributed by atoms with E-state index in [4.69, 9.17) is 15.2 Å². The largest absolute Gasteiger partial charge is 0.494 e. The van der Waals surface area contributed by atoms with Gasteiger partial charge in [0.25, 0.3) is 5.91 Å². The fourth-order valence-electron chi connectivity index (χ4n) is 3.60. The van der Waals surface area contributed by atoms with Crippen molar-refractivity contribution in [2.75, 3.05) is 19.0 Å². The number of nitrogens with one attached hydrogen (secondary N) is 1. The number of hydrogen-bond acceptors (Lipinski definition) is 7. The minimum atomic E-state index is -1.24. The molecule has 0 aliphatic carbocycles. The first-order valence-corrected chi connectivity index (χ1v) is 10.9. The average Bonchev–Trinajstić information content (AvgIpc) is 3.37. The van der Waals surface area contributed by atoms with E-state index in [1.54, 1.807) is 29.2 Å². The molecule has 3 aromatic rings. The fraction of sp³-hybridized carbons (Fsp3) is 0.381. The van der Waals surface area contributed by atoms with Gasteiger partial charge < -0.3 is 20.5 Å². The molecule has 1 aliphatic heterocycles. The number of nitrogens with two attached hydrogens (primary N) is 1. The van der Waals surface area contributed by atoms with Crippen LogP contribution in [0.15, 0.2) is 29.8 Å². The highest BCUT2D eigenvalue weighted by molar-refractivity contribution is 7.13. The van der Waals surface area contributed by atoms with Crippen molar-refractivity contribution in [2.24, 2.45) is 12.8 Å². The highest BCUT2D eigenvalue weighted by Gasteiger charge is 2.30. The molecule has 32 heavy (non-hydrogen) atoms. The molecule has 1 aromatic carbocycles. The predicted molar refractivity (Wildman–Crippen MR) is 116 cm³/mol. The zero-order chi connectivity index (χ0) is 22.8. The molecule has 11 heteroatoms. The number of carbonyl (C=O) groups is 1. The lowest BCUT2D eigenvalue weighted by Gasteiger charge is -2.17. The quantitative estimate of drug-likeness (QED) is 0.601. The molecule has 2 aromatic heterocycles. The van der Waals surface area contributed by atoms with Gasteiger partial charge in [-0.05, 0) is 25.0 Å². The van der Waals surface area contributed by atoms with Gasteiger partial charge in [0, 0.05) is 18.5 Å². The third-order valence-electron chi connectivity index (χ3n) is 5.37. The summed E-state index contributed by atoms with van der Waals surface area (Å²) >= 11 is 1.15. The molecule has 4 rings (SSSR count). The van der Waals surface area contributed by atoms with Gasteiger partial charge in [0.2, 0.25) is 0 Å². The van der Waals surface area contributed by atoms with Gasteiger partial charge in [-0.2, -0.15) is 5.10 Å². The molecule has 170 valence electrons.